The van der Waals surface area contributed by atoms with Gasteiger partial charge in [-0.05, 0) is 124 Å². The molecule has 664 valence electrons. The van der Waals surface area contributed by atoms with Crippen molar-refractivity contribution in [1.82, 2.24) is 56.8 Å². The maximum atomic E-state index is 5.51. The van der Waals surface area contributed by atoms with Crippen LogP contribution < -0.4 is 0 Å². The second-order valence-electron chi connectivity index (χ2n) is 38.1. The van der Waals surface area contributed by atoms with Crippen molar-refractivity contribution in [3.63, 3.8) is 0 Å². The van der Waals surface area contributed by atoms with Crippen LogP contribution >= 0.6 is 0 Å². The number of nitrogens with zero attached hydrogens (tertiary/aromatic N) is 12. The fraction of sp³-hybridized carbons (Fsp3) is 0. The Morgan fingerprint density at radius 2 is 0.396 bits per heavy atom. The van der Waals surface area contributed by atoms with Gasteiger partial charge in [-0.1, -0.05) is 370 Å². The van der Waals surface area contributed by atoms with Crippen molar-refractivity contribution >= 4 is 245 Å². The van der Waals surface area contributed by atoms with Gasteiger partial charge in [0, 0.05) is 141 Å². The van der Waals surface area contributed by atoms with Gasteiger partial charge in [-0.3, -0.25) is 13.7 Å². The zero-order valence-electron chi connectivity index (χ0n) is 77.2. The Morgan fingerprint density at radius 1 is 0.139 bits per heavy atom. The topological polar surface area (TPSA) is 105 Å². The van der Waals surface area contributed by atoms with Crippen molar-refractivity contribution in [2.45, 2.75) is 0 Å². The molecule has 0 radical (unpaired) electrons. The number of rotatable bonds is 7. The highest BCUT2D eigenvalue weighted by Crippen LogP contribution is 2.53. The maximum Gasteiger partial charge on any atom is 0.235 e. The first-order chi connectivity index (χ1) is 71.5. The molecule has 0 saturated heterocycles. The summed E-state index contributed by atoms with van der Waals surface area (Å²) in [5, 5.41) is 32.5. The summed E-state index contributed by atoms with van der Waals surface area (Å²) < 4.78 is 14.2. The summed E-state index contributed by atoms with van der Waals surface area (Å²) in [6, 6.07) is 165. The van der Waals surface area contributed by atoms with Gasteiger partial charge in [-0.2, -0.15) is 0 Å². The number of hydrogen-bond acceptors (Lipinski definition) is 6. The fourth-order valence-corrected chi connectivity index (χ4v) is 24.7. The van der Waals surface area contributed by atoms with E-state index in [-0.39, 0.29) is 0 Å². The van der Waals surface area contributed by atoms with Crippen LogP contribution in [-0.4, -0.2) is 56.8 Å². The zero-order chi connectivity index (χ0) is 93.8. The average Bonchev–Trinajstić information content (AvgIpc) is 1.52. The molecule has 0 aliphatic carbocycles. The Labute approximate surface area is 819 Å². The van der Waals surface area contributed by atoms with Gasteiger partial charge in [-0.15, -0.1) is 0 Å². The van der Waals surface area contributed by atoms with Crippen LogP contribution in [0.1, 0.15) is 0 Å². The molecule has 0 atom stereocenters. The minimum absolute atomic E-state index is 0.666. The molecule has 12 heteroatoms. The van der Waals surface area contributed by atoms with Gasteiger partial charge in [0.2, 0.25) is 17.8 Å². The molecule has 12 heterocycles. The molecule has 0 unspecified atom stereocenters. The lowest BCUT2D eigenvalue weighted by molar-refractivity contribution is 1.01. The Balaban J connectivity index is 0.0000000969. The summed E-state index contributed by atoms with van der Waals surface area (Å²) in [5.74, 6) is 2.02. The van der Waals surface area contributed by atoms with Gasteiger partial charge in [-0.25, -0.2) is 29.9 Å². The lowest BCUT2D eigenvalue weighted by atomic mass is 9.99. The van der Waals surface area contributed by atoms with Crippen molar-refractivity contribution in [3.05, 3.63) is 461 Å². The number of hydrogen-bond donors (Lipinski definition) is 0. The normalized spacial score (nSPS) is 12.3. The summed E-state index contributed by atoms with van der Waals surface area (Å²) in [7, 11) is 0. The van der Waals surface area contributed by atoms with Crippen LogP contribution in [0, 0.1) is 0 Å². The first-order valence-corrected chi connectivity index (χ1v) is 49.2. The molecule has 0 bridgehead atoms. The van der Waals surface area contributed by atoms with E-state index in [4.69, 9.17) is 29.9 Å². The fourth-order valence-electron chi connectivity index (χ4n) is 24.7. The van der Waals surface area contributed by atoms with Gasteiger partial charge < -0.3 is 13.2 Å². The lowest BCUT2D eigenvalue weighted by Crippen LogP contribution is -2.04. The van der Waals surface area contributed by atoms with E-state index in [0.29, 0.717) is 17.8 Å². The monoisotopic (exact) mass is 1830 g/mol. The quantitative estimate of drug-likeness (QED) is 0.147. The molecule has 12 nitrogen and oxygen atoms in total. The molecule has 144 heavy (non-hydrogen) atoms. The number of para-hydroxylation sites is 9. The van der Waals surface area contributed by atoms with Gasteiger partial charge >= 0.3 is 0 Å². The second kappa shape index (κ2) is 30.0. The van der Waals surface area contributed by atoms with E-state index in [9.17, 15) is 0 Å². The molecule has 0 fully saturated rings. The summed E-state index contributed by atoms with van der Waals surface area (Å²) in [6.07, 6.45) is 0. The summed E-state index contributed by atoms with van der Waals surface area (Å²) in [4.78, 5) is 32.6. The molecule has 34 rings (SSSR count). The van der Waals surface area contributed by atoms with Gasteiger partial charge in [0.05, 0.1) is 116 Å². The zero-order valence-corrected chi connectivity index (χ0v) is 77.2. The second-order valence-corrected chi connectivity index (χ2v) is 38.1. The predicted molar refractivity (Wildman–Crippen MR) is 600 cm³/mol. The molecule has 0 saturated carbocycles. The van der Waals surface area contributed by atoms with Crippen LogP contribution in [0.4, 0.5) is 0 Å². The molecule has 0 aliphatic rings. The van der Waals surface area contributed by atoms with Crippen molar-refractivity contribution in [1.29, 1.82) is 0 Å². The third-order valence-electron chi connectivity index (χ3n) is 30.7. The lowest BCUT2D eigenvalue weighted by Gasteiger charge is -2.14. The third-order valence-corrected chi connectivity index (χ3v) is 30.7. The van der Waals surface area contributed by atoms with Crippen LogP contribution in [0.15, 0.2) is 461 Å². The number of aromatic nitrogens is 12. The standard InChI is InChI=1S/C48H28N4.2C42H24N4/c1-2-12-29(13-3-1)30-22-24-32(25-23-30)45-37-27-26-31-14-4-5-15-33(31)46(37)50-48(49-45)52-41-21-11-7-17-35(41)43-42(52)28-38-34-16-6-9-19-39(34)51-40-20-10-8-18-36(40)44(43)47(38)51;1-2-13-26(14-3-1)40-37-27-15-5-4-12-25(27)22-23-32(37)43-42(44-40)46-35-21-11-7-17-29(35)38-36(46)24-31-28-16-6-9-19-33(28)45-34-20-10-8-18-30(34)39(38)41(31)45;1-2-13-26(14-3-1)39-31-23-22-25-12-4-5-15-27(25)40(31)44-42(43-39)46-35-21-11-7-17-29(35)37-36(46)24-32-28-16-6-9-19-33(28)45-34-20-10-8-18-30(34)38(37)41(32)45/h1-28H;2*1-24H. The average molecular weight is 1830 g/mol. The summed E-state index contributed by atoms with van der Waals surface area (Å²) in [6.45, 7) is 0. The Hall–Kier alpha value is -19.6. The Bertz CT molecular complexity index is 11500. The minimum atomic E-state index is 0.666. The van der Waals surface area contributed by atoms with Crippen molar-refractivity contribution in [2.75, 3.05) is 0 Å². The maximum absolute atomic E-state index is 5.51. The van der Waals surface area contributed by atoms with E-state index in [1.165, 1.54) is 169 Å². The van der Waals surface area contributed by atoms with Gasteiger partial charge in [0.15, 0.2) is 0 Å². The Kier molecular flexibility index (Phi) is 16.3. The smallest absolute Gasteiger partial charge is 0.235 e. The van der Waals surface area contributed by atoms with Crippen LogP contribution in [0.5, 0.6) is 0 Å². The summed E-state index contributed by atoms with van der Waals surface area (Å²) >= 11 is 0. The highest BCUT2D eigenvalue weighted by molar-refractivity contribution is 6.39. The van der Waals surface area contributed by atoms with Crippen molar-refractivity contribution in [3.8, 4) is 62.7 Å². The van der Waals surface area contributed by atoms with Crippen LogP contribution in [0.25, 0.3) is 307 Å². The van der Waals surface area contributed by atoms with E-state index < -0.39 is 0 Å². The molecule has 34 aromatic rings. The van der Waals surface area contributed by atoms with Crippen molar-refractivity contribution in [2.24, 2.45) is 0 Å². The van der Waals surface area contributed by atoms with E-state index >= 15 is 0 Å². The highest BCUT2D eigenvalue weighted by atomic mass is 15.2. The Morgan fingerprint density at radius 3 is 0.778 bits per heavy atom. The molecule has 0 amide bonds. The molecule has 0 spiro atoms. The largest absolute Gasteiger partial charge is 0.308 e. The first-order valence-electron chi connectivity index (χ1n) is 49.2. The van der Waals surface area contributed by atoms with E-state index in [2.05, 4.69) is 488 Å². The molecule has 0 aliphatic heterocycles. The SMILES string of the molecule is c1ccc(-c2ccc(-c3nc(-n4c5ccccc5c5c6c7ccccc7n7c8ccccc8c(cc54)c67)nc4c3ccc3ccccc34)cc2)cc1.c1ccc(-c2nc(-n3c4ccccc4c4c5c6ccccc6n6c7ccccc7c(cc43)c56)nc3c2ccc2ccccc23)cc1.c1ccc(-c2nc(-n3c4ccccc4c4c5c6ccccc6n6c7ccccc7c(cc43)c56)nc3ccc4ccccc4c23)cc1. The van der Waals surface area contributed by atoms with Gasteiger partial charge in [0.1, 0.15) is 0 Å². The molecular formula is C132H76N12. The number of benzene rings is 22. The van der Waals surface area contributed by atoms with E-state index in [1.54, 1.807) is 0 Å². The molecular weight excluding hydrogens is 1750 g/mol. The van der Waals surface area contributed by atoms with Crippen LogP contribution in [-0.2, 0) is 0 Å². The number of fused-ring (bicyclic) bond motifs is 39. The summed E-state index contributed by atoms with van der Waals surface area (Å²) in [5.41, 5.74) is 29.0. The van der Waals surface area contributed by atoms with Crippen LogP contribution in [0.2, 0.25) is 0 Å². The van der Waals surface area contributed by atoms with E-state index in [1.807, 2.05) is 0 Å². The predicted octanol–water partition coefficient (Wildman–Crippen LogP) is 33.8. The highest BCUT2D eigenvalue weighted by Gasteiger charge is 2.32. The first kappa shape index (κ1) is 78.5. The minimum Gasteiger partial charge on any atom is -0.308 e. The molecule has 22 aromatic carbocycles. The van der Waals surface area contributed by atoms with Crippen LogP contribution in [0.3, 0.4) is 0 Å². The third kappa shape index (κ3) is 11.0. The molecule has 0 N–H and O–H groups in total. The van der Waals surface area contributed by atoms with Gasteiger partial charge in [0.25, 0.3) is 0 Å². The van der Waals surface area contributed by atoms with Crippen molar-refractivity contribution < 1.29 is 0 Å². The molecule has 12 aromatic heterocycles. The van der Waals surface area contributed by atoms with E-state index in [0.717, 1.165) is 121 Å².